The number of aromatic nitrogens is 1. The predicted octanol–water partition coefficient (Wildman–Crippen LogP) is 2.55. The highest BCUT2D eigenvalue weighted by Gasteiger charge is 2.31. The van der Waals surface area contributed by atoms with Gasteiger partial charge in [-0.15, -0.1) is 0 Å². The fourth-order valence-electron chi connectivity index (χ4n) is 1.59. The van der Waals surface area contributed by atoms with E-state index in [2.05, 4.69) is 10.3 Å². The Morgan fingerprint density at radius 1 is 1.31 bits per heavy atom. The van der Waals surface area contributed by atoms with Gasteiger partial charge in [-0.2, -0.15) is 13.2 Å². The molecule has 1 aromatic heterocycles. The van der Waals surface area contributed by atoms with Crippen LogP contribution in [-0.4, -0.2) is 23.7 Å². The van der Waals surface area contributed by atoms with Crippen molar-refractivity contribution in [2.24, 2.45) is 0 Å². The molecule has 1 N–H and O–H groups in total. The molecule has 0 aromatic carbocycles. The largest absolute Gasteiger partial charge is 0.390 e. The van der Waals surface area contributed by atoms with Crippen molar-refractivity contribution in [3.05, 3.63) is 30.1 Å². The lowest BCUT2D eigenvalue weighted by Crippen LogP contribution is -2.35. The van der Waals surface area contributed by atoms with Crippen LogP contribution in [0.3, 0.4) is 0 Å². The van der Waals surface area contributed by atoms with Crippen molar-refractivity contribution in [2.45, 2.75) is 32.0 Å². The molecule has 1 rings (SSSR count). The van der Waals surface area contributed by atoms with Crippen LogP contribution in [0.15, 0.2) is 24.5 Å². The highest BCUT2D eigenvalue weighted by Crippen LogP contribution is 2.23. The first-order chi connectivity index (χ1) is 7.51. The number of rotatable bonds is 5. The summed E-state index contributed by atoms with van der Waals surface area (Å²) in [5, 5.41) is 2.85. The second-order valence-electron chi connectivity index (χ2n) is 3.63. The quantitative estimate of drug-likeness (QED) is 0.843. The van der Waals surface area contributed by atoms with Gasteiger partial charge in [-0.05, 0) is 30.7 Å². The number of alkyl halides is 3. The molecule has 0 spiro atoms. The maximum Gasteiger partial charge on any atom is 0.390 e. The normalized spacial score (nSPS) is 13.8. The van der Waals surface area contributed by atoms with Gasteiger partial charge < -0.3 is 5.32 Å². The zero-order chi connectivity index (χ0) is 12.0. The van der Waals surface area contributed by atoms with Crippen LogP contribution in [0.5, 0.6) is 0 Å². The van der Waals surface area contributed by atoms with Gasteiger partial charge in [0.25, 0.3) is 0 Å². The van der Waals surface area contributed by atoms with Crippen LogP contribution in [-0.2, 0) is 6.42 Å². The summed E-state index contributed by atoms with van der Waals surface area (Å²) in [4.78, 5) is 3.83. The SMILES string of the molecule is CCNC(Cc1ccncc1)CC(F)(F)F. The summed E-state index contributed by atoms with van der Waals surface area (Å²) in [6.45, 7) is 2.34. The van der Waals surface area contributed by atoms with Crippen LogP contribution in [0.2, 0.25) is 0 Å². The van der Waals surface area contributed by atoms with Crippen LogP contribution in [0.4, 0.5) is 13.2 Å². The molecule has 1 heterocycles. The first-order valence-electron chi connectivity index (χ1n) is 5.20. The average Bonchev–Trinajstić information content (AvgIpc) is 2.17. The van der Waals surface area contributed by atoms with E-state index < -0.39 is 18.6 Å². The van der Waals surface area contributed by atoms with E-state index in [9.17, 15) is 13.2 Å². The summed E-state index contributed by atoms with van der Waals surface area (Å²) in [5.41, 5.74) is 0.866. The van der Waals surface area contributed by atoms with Gasteiger partial charge in [-0.25, -0.2) is 0 Å². The number of nitrogens with zero attached hydrogens (tertiary/aromatic N) is 1. The van der Waals surface area contributed by atoms with Crippen molar-refractivity contribution in [3.63, 3.8) is 0 Å². The number of hydrogen-bond donors (Lipinski definition) is 1. The molecule has 0 aliphatic carbocycles. The minimum atomic E-state index is -4.13. The molecule has 0 saturated heterocycles. The van der Waals surface area contributed by atoms with E-state index >= 15 is 0 Å². The number of halogens is 3. The molecular weight excluding hydrogens is 217 g/mol. The summed E-state index contributed by atoms with van der Waals surface area (Å²) < 4.78 is 36.8. The molecule has 1 atom stereocenters. The highest BCUT2D eigenvalue weighted by atomic mass is 19.4. The van der Waals surface area contributed by atoms with Crippen molar-refractivity contribution in [3.8, 4) is 0 Å². The van der Waals surface area contributed by atoms with Crippen LogP contribution in [0.1, 0.15) is 18.9 Å². The number of hydrogen-bond acceptors (Lipinski definition) is 2. The fraction of sp³-hybridized carbons (Fsp3) is 0.545. The van der Waals surface area contributed by atoms with Crippen LogP contribution in [0, 0.1) is 0 Å². The van der Waals surface area contributed by atoms with Crippen LogP contribution < -0.4 is 5.32 Å². The van der Waals surface area contributed by atoms with Gasteiger partial charge in [0.15, 0.2) is 0 Å². The monoisotopic (exact) mass is 232 g/mol. The summed E-state index contributed by atoms with van der Waals surface area (Å²) in [7, 11) is 0. The minimum Gasteiger partial charge on any atom is -0.314 e. The lowest BCUT2D eigenvalue weighted by atomic mass is 10.0. The Bertz CT molecular complexity index is 298. The predicted molar refractivity (Wildman–Crippen MR) is 56.1 cm³/mol. The molecule has 1 aromatic rings. The molecular formula is C11H15F3N2. The van der Waals surface area contributed by atoms with Crippen molar-refractivity contribution in [2.75, 3.05) is 6.54 Å². The average molecular weight is 232 g/mol. The lowest BCUT2D eigenvalue weighted by molar-refractivity contribution is -0.139. The molecule has 0 fully saturated rings. The maximum absolute atomic E-state index is 12.3. The number of nitrogens with one attached hydrogen (secondary N) is 1. The first kappa shape index (κ1) is 13.0. The fourth-order valence-corrected chi connectivity index (χ4v) is 1.59. The van der Waals surface area contributed by atoms with Gasteiger partial charge in [-0.3, -0.25) is 4.98 Å². The third-order valence-electron chi connectivity index (χ3n) is 2.20. The molecule has 16 heavy (non-hydrogen) atoms. The van der Waals surface area contributed by atoms with Crippen molar-refractivity contribution >= 4 is 0 Å². The minimum absolute atomic E-state index is 0.371. The Kier molecular flexibility index (Phi) is 4.73. The molecule has 2 nitrogen and oxygen atoms in total. The van der Waals surface area contributed by atoms with Gasteiger partial charge in [0, 0.05) is 18.4 Å². The second-order valence-corrected chi connectivity index (χ2v) is 3.63. The maximum atomic E-state index is 12.3. The molecule has 1 unspecified atom stereocenters. The summed E-state index contributed by atoms with van der Waals surface area (Å²) in [6.07, 6.45) is -1.38. The van der Waals surface area contributed by atoms with E-state index in [0.29, 0.717) is 13.0 Å². The Morgan fingerprint density at radius 3 is 2.44 bits per heavy atom. The van der Waals surface area contributed by atoms with Crippen molar-refractivity contribution in [1.29, 1.82) is 0 Å². The molecule has 0 radical (unpaired) electrons. The summed E-state index contributed by atoms with van der Waals surface area (Å²) in [5.74, 6) is 0. The van der Waals surface area contributed by atoms with Gasteiger partial charge in [0.1, 0.15) is 0 Å². The Balaban J connectivity index is 2.58. The van der Waals surface area contributed by atoms with Crippen molar-refractivity contribution < 1.29 is 13.2 Å². The van der Waals surface area contributed by atoms with Crippen LogP contribution >= 0.6 is 0 Å². The molecule has 0 bridgehead atoms. The van der Waals surface area contributed by atoms with Gasteiger partial charge >= 0.3 is 6.18 Å². The summed E-state index contributed by atoms with van der Waals surface area (Å²) >= 11 is 0. The molecule has 90 valence electrons. The lowest BCUT2D eigenvalue weighted by Gasteiger charge is -2.19. The highest BCUT2D eigenvalue weighted by molar-refractivity contribution is 5.11. The van der Waals surface area contributed by atoms with Gasteiger partial charge in [0.2, 0.25) is 0 Å². The second kappa shape index (κ2) is 5.84. The van der Waals surface area contributed by atoms with E-state index in [1.54, 1.807) is 31.5 Å². The Morgan fingerprint density at radius 2 is 1.94 bits per heavy atom. The van der Waals surface area contributed by atoms with Crippen LogP contribution in [0.25, 0.3) is 0 Å². The molecule has 0 aliphatic rings. The van der Waals surface area contributed by atoms with E-state index in [1.165, 1.54) is 0 Å². The third-order valence-corrected chi connectivity index (χ3v) is 2.20. The zero-order valence-electron chi connectivity index (χ0n) is 9.09. The molecule has 5 heteroatoms. The van der Waals surface area contributed by atoms with Gasteiger partial charge in [0.05, 0.1) is 6.42 Å². The first-order valence-corrected chi connectivity index (χ1v) is 5.20. The smallest absolute Gasteiger partial charge is 0.314 e. The third kappa shape index (κ3) is 5.11. The van der Waals surface area contributed by atoms with Gasteiger partial charge in [-0.1, -0.05) is 6.92 Å². The zero-order valence-corrected chi connectivity index (χ0v) is 9.09. The molecule has 0 saturated carbocycles. The van der Waals surface area contributed by atoms with Crippen molar-refractivity contribution in [1.82, 2.24) is 10.3 Å². The topological polar surface area (TPSA) is 24.9 Å². The number of likely N-dealkylation sites (N-methyl/N-ethyl adjacent to an activating group) is 1. The number of pyridine rings is 1. The van der Waals surface area contributed by atoms with E-state index in [-0.39, 0.29) is 0 Å². The summed E-state index contributed by atoms with van der Waals surface area (Å²) in [6, 6.07) is 2.91. The standard InChI is InChI=1S/C11H15F3N2/c1-2-16-10(8-11(12,13)14)7-9-3-5-15-6-4-9/h3-6,10,16H,2,7-8H2,1H3. The molecule has 0 aliphatic heterocycles. The Hall–Kier alpha value is -1.10. The van der Waals surface area contributed by atoms with E-state index in [4.69, 9.17) is 0 Å². The van der Waals surface area contributed by atoms with E-state index in [0.717, 1.165) is 5.56 Å². The Labute approximate surface area is 92.9 Å². The van der Waals surface area contributed by atoms with E-state index in [1.807, 2.05) is 0 Å². The molecule has 0 amide bonds.